The zero-order valence-electron chi connectivity index (χ0n) is 27.8. The van der Waals surface area contributed by atoms with Crippen molar-refractivity contribution in [2.45, 2.75) is 152 Å². The van der Waals surface area contributed by atoms with Crippen LogP contribution in [0.25, 0.3) is 0 Å². The van der Waals surface area contributed by atoms with Crippen LogP contribution in [0.15, 0.2) is 48.5 Å². The fraction of sp³-hybridized carbons (Fsp3) is 0.684. The molecular formula is C38H58P4. The molecule has 0 aliphatic carbocycles. The molecule has 4 saturated heterocycles. The third-order valence-electron chi connectivity index (χ3n) is 12.2. The van der Waals surface area contributed by atoms with E-state index in [1.807, 2.05) is 21.2 Å². The summed E-state index contributed by atoms with van der Waals surface area (Å²) in [6, 6.07) is 19.9. The van der Waals surface area contributed by atoms with Crippen molar-refractivity contribution >= 4 is 52.9 Å². The third-order valence-corrected chi connectivity index (χ3v) is 26.0. The zero-order chi connectivity index (χ0) is 29.7. The Labute approximate surface area is 264 Å². The minimum atomic E-state index is -0.129. The molecule has 12 atom stereocenters. The first-order chi connectivity index (χ1) is 20.2. The van der Waals surface area contributed by atoms with Gasteiger partial charge in [-0.1, -0.05) is 142 Å². The van der Waals surface area contributed by atoms with Gasteiger partial charge in [0.25, 0.3) is 0 Å². The quantitative estimate of drug-likeness (QED) is 0.286. The molecule has 2 aromatic rings. The van der Waals surface area contributed by atoms with Crippen molar-refractivity contribution in [3.05, 3.63) is 48.5 Å². The maximum atomic E-state index is 2.72. The molecule has 6 rings (SSSR count). The Morgan fingerprint density at radius 3 is 1.26 bits per heavy atom. The predicted octanol–water partition coefficient (Wildman–Crippen LogP) is 10.3. The maximum Gasteiger partial charge on any atom is -0.0158 e. The Balaban J connectivity index is 1.29. The molecule has 0 bridgehead atoms. The van der Waals surface area contributed by atoms with Crippen LogP contribution in [0.2, 0.25) is 0 Å². The van der Waals surface area contributed by atoms with Crippen LogP contribution in [0.5, 0.6) is 0 Å². The fourth-order valence-electron chi connectivity index (χ4n) is 10.1. The molecule has 230 valence electrons. The average Bonchev–Trinajstić information content (AvgIpc) is 3.45. The second kappa shape index (κ2) is 13.5. The Kier molecular flexibility index (Phi) is 10.3. The topological polar surface area (TPSA) is 0 Å². The van der Waals surface area contributed by atoms with Gasteiger partial charge in [0.05, 0.1) is 0 Å². The first kappa shape index (κ1) is 32.1. The van der Waals surface area contributed by atoms with E-state index in [9.17, 15) is 0 Å². The van der Waals surface area contributed by atoms with Gasteiger partial charge < -0.3 is 0 Å². The van der Waals surface area contributed by atoms with E-state index in [1.54, 1.807) is 0 Å². The zero-order valence-corrected chi connectivity index (χ0v) is 31.4. The first-order valence-corrected chi connectivity index (χ1v) is 23.4. The molecule has 0 N–H and O–H groups in total. The molecule has 4 aliphatic rings. The van der Waals surface area contributed by atoms with Crippen LogP contribution in [0.1, 0.15) is 107 Å². The highest BCUT2D eigenvalue weighted by atomic mass is 31.1. The summed E-state index contributed by atoms with van der Waals surface area (Å²) in [4.78, 5) is 0. The lowest BCUT2D eigenvalue weighted by molar-refractivity contribution is 0.286. The van der Waals surface area contributed by atoms with Gasteiger partial charge in [0, 0.05) is 0 Å². The van der Waals surface area contributed by atoms with Gasteiger partial charge >= 0.3 is 0 Å². The van der Waals surface area contributed by atoms with E-state index in [0.29, 0.717) is 0 Å². The average molecular weight is 639 g/mol. The smallest absolute Gasteiger partial charge is 0.0158 e. The summed E-state index contributed by atoms with van der Waals surface area (Å²) in [6.07, 6.45) is 11.6. The minimum Gasteiger partial charge on any atom is -0.0688 e. The molecule has 0 spiro atoms. The third kappa shape index (κ3) is 5.90. The van der Waals surface area contributed by atoms with Crippen LogP contribution >= 0.6 is 31.7 Å². The van der Waals surface area contributed by atoms with Crippen LogP contribution in [0.4, 0.5) is 0 Å². The highest BCUT2D eigenvalue weighted by Crippen LogP contribution is 2.65. The molecule has 4 fully saturated rings. The summed E-state index contributed by atoms with van der Waals surface area (Å²) >= 11 is 0. The van der Waals surface area contributed by atoms with Crippen molar-refractivity contribution in [2.24, 2.45) is 11.8 Å². The number of rotatable bonds is 5. The summed E-state index contributed by atoms with van der Waals surface area (Å²) < 4.78 is 0. The lowest BCUT2D eigenvalue weighted by Crippen LogP contribution is -2.41. The minimum absolute atomic E-state index is 0.0153. The van der Waals surface area contributed by atoms with Crippen molar-refractivity contribution in [3.63, 3.8) is 0 Å². The lowest BCUT2D eigenvalue weighted by Gasteiger charge is -2.46. The van der Waals surface area contributed by atoms with Gasteiger partial charge in [-0.3, -0.25) is 0 Å². The number of benzene rings is 2. The van der Waals surface area contributed by atoms with E-state index in [0.717, 1.165) is 57.1 Å². The standard InChI is InChI=1S/C38H58P4/c1-25-14-13-15-26(2)39(25)35-16-9-11-18-37(35)41-29(5)22-23-33(31(41)7)34-24-30(6)42(32(34)8)38-19-12-10-17-36(38)40-27(3)20-21-28(40)4/h9-12,16-19,25-34H,13-15,20-24H2,1-8H3/t25-,26-,27-,28-,29-,30-,31-,32-,33?,34?,41?,42?/m0/s1. The van der Waals surface area contributed by atoms with E-state index in [2.05, 4.69) is 104 Å². The maximum absolute atomic E-state index is 2.72. The van der Waals surface area contributed by atoms with Crippen LogP contribution in [0.3, 0.4) is 0 Å². The van der Waals surface area contributed by atoms with Gasteiger partial charge in [-0.25, -0.2) is 0 Å². The second-order valence-corrected chi connectivity index (χ2v) is 26.9. The molecule has 0 aromatic heterocycles. The van der Waals surface area contributed by atoms with E-state index < -0.39 is 0 Å². The van der Waals surface area contributed by atoms with E-state index in [-0.39, 0.29) is 31.7 Å². The van der Waals surface area contributed by atoms with Gasteiger partial charge in [-0.2, -0.15) is 0 Å². The van der Waals surface area contributed by atoms with E-state index in [1.165, 1.54) is 51.4 Å². The Morgan fingerprint density at radius 2 is 0.762 bits per heavy atom. The number of hydrogen-bond acceptors (Lipinski definition) is 0. The molecule has 0 nitrogen and oxygen atoms in total. The molecule has 4 aliphatic heterocycles. The Hall–Kier alpha value is 0.160. The van der Waals surface area contributed by atoms with Gasteiger partial charge in [-0.05, 0) is 123 Å². The highest BCUT2D eigenvalue weighted by molar-refractivity contribution is 7.74. The Morgan fingerprint density at radius 1 is 0.405 bits per heavy atom. The summed E-state index contributed by atoms with van der Waals surface area (Å²) in [5.74, 6) is 1.81. The monoisotopic (exact) mass is 638 g/mol. The summed E-state index contributed by atoms with van der Waals surface area (Å²) in [5, 5.41) is 7.30. The van der Waals surface area contributed by atoms with E-state index >= 15 is 0 Å². The molecule has 0 saturated carbocycles. The van der Waals surface area contributed by atoms with Gasteiger partial charge in [0.1, 0.15) is 0 Å². The Bertz CT molecular complexity index is 1190. The fourth-order valence-corrected chi connectivity index (χ4v) is 25.2. The second-order valence-electron chi connectivity index (χ2n) is 14.8. The van der Waals surface area contributed by atoms with Crippen molar-refractivity contribution in [1.82, 2.24) is 0 Å². The summed E-state index contributed by atoms with van der Waals surface area (Å²) in [7, 11) is -0.292. The van der Waals surface area contributed by atoms with Crippen molar-refractivity contribution in [3.8, 4) is 0 Å². The normalized spacial score (nSPS) is 41.8. The molecule has 0 radical (unpaired) electrons. The molecule has 4 heterocycles. The SMILES string of the molecule is C[C@H]1CCC[C@H](C)P1c1ccccc1P1[C@@H](C)CCC(C2C[C@H](C)P(c3ccccc3P3[C@@H](C)CC[C@@H]3C)[C@H]2C)[C@@H]1C. The van der Waals surface area contributed by atoms with Gasteiger partial charge in [-0.15, -0.1) is 0 Å². The molecular weight excluding hydrogens is 580 g/mol. The first-order valence-electron chi connectivity index (χ1n) is 17.5. The molecule has 4 heteroatoms. The van der Waals surface area contributed by atoms with Crippen molar-refractivity contribution in [2.75, 3.05) is 0 Å². The summed E-state index contributed by atoms with van der Waals surface area (Å²) in [6.45, 7) is 21.0. The molecule has 0 amide bonds. The van der Waals surface area contributed by atoms with Gasteiger partial charge in [0.15, 0.2) is 0 Å². The summed E-state index contributed by atoms with van der Waals surface area (Å²) in [5.41, 5.74) is 7.00. The van der Waals surface area contributed by atoms with Crippen LogP contribution < -0.4 is 21.2 Å². The highest BCUT2D eigenvalue weighted by Gasteiger charge is 2.49. The van der Waals surface area contributed by atoms with Gasteiger partial charge in [0.2, 0.25) is 0 Å². The predicted molar refractivity (Wildman–Crippen MR) is 199 cm³/mol. The molecule has 42 heavy (non-hydrogen) atoms. The molecule has 2 aromatic carbocycles. The largest absolute Gasteiger partial charge is 0.0688 e. The number of hydrogen-bond donors (Lipinski definition) is 0. The van der Waals surface area contributed by atoms with Crippen LogP contribution in [-0.2, 0) is 0 Å². The van der Waals surface area contributed by atoms with Crippen LogP contribution in [0, 0.1) is 11.8 Å². The van der Waals surface area contributed by atoms with Crippen LogP contribution in [-0.4, -0.2) is 45.3 Å². The van der Waals surface area contributed by atoms with E-state index in [4.69, 9.17) is 0 Å². The van der Waals surface area contributed by atoms with Crippen molar-refractivity contribution < 1.29 is 0 Å². The van der Waals surface area contributed by atoms with Crippen molar-refractivity contribution in [1.29, 1.82) is 0 Å². The lowest BCUT2D eigenvalue weighted by atomic mass is 9.81. The molecule has 4 unspecified atom stereocenters.